The quantitative estimate of drug-likeness (QED) is 0.837. The van der Waals surface area contributed by atoms with Gasteiger partial charge in [0.05, 0.1) is 11.7 Å². The van der Waals surface area contributed by atoms with E-state index in [-0.39, 0.29) is 17.7 Å². The molecule has 0 spiro atoms. The van der Waals surface area contributed by atoms with E-state index in [4.69, 9.17) is 4.74 Å². The molecule has 2 aromatic carbocycles. The average Bonchev–Trinajstić information content (AvgIpc) is 2.59. The number of ether oxygens (including phenoxy) is 2. The molecule has 132 valence electrons. The maximum Gasteiger partial charge on any atom is 0.422 e. The SMILES string of the molecule is CC1COc2ccccc2N1C(=O)c1ccc(OCC(F)(F)F)cc1. The molecule has 7 heteroatoms. The number of benzene rings is 2. The van der Waals surface area contributed by atoms with E-state index < -0.39 is 12.8 Å². The number of hydrogen-bond donors (Lipinski definition) is 0. The number of alkyl halides is 3. The van der Waals surface area contributed by atoms with Crippen molar-refractivity contribution in [3.8, 4) is 11.5 Å². The van der Waals surface area contributed by atoms with Crippen molar-refractivity contribution in [1.82, 2.24) is 0 Å². The van der Waals surface area contributed by atoms with Crippen molar-refractivity contribution in [3.05, 3.63) is 54.1 Å². The maximum absolute atomic E-state index is 12.9. The molecular weight excluding hydrogens is 335 g/mol. The number of carbonyl (C=O) groups excluding carboxylic acids is 1. The molecule has 4 nitrogen and oxygen atoms in total. The minimum atomic E-state index is -4.40. The van der Waals surface area contributed by atoms with Crippen molar-refractivity contribution in [2.45, 2.75) is 19.1 Å². The molecule has 0 aliphatic carbocycles. The summed E-state index contributed by atoms with van der Waals surface area (Å²) in [6.07, 6.45) is -4.40. The largest absolute Gasteiger partial charge is 0.489 e. The summed E-state index contributed by atoms with van der Waals surface area (Å²) in [4.78, 5) is 14.5. The topological polar surface area (TPSA) is 38.8 Å². The highest BCUT2D eigenvalue weighted by Gasteiger charge is 2.30. The summed E-state index contributed by atoms with van der Waals surface area (Å²) in [5.41, 5.74) is 1.03. The summed E-state index contributed by atoms with van der Waals surface area (Å²) in [6.45, 7) is 0.873. The molecule has 25 heavy (non-hydrogen) atoms. The molecule has 3 rings (SSSR count). The van der Waals surface area contributed by atoms with E-state index in [0.29, 0.717) is 23.6 Å². The first-order valence-corrected chi connectivity index (χ1v) is 7.70. The van der Waals surface area contributed by atoms with Crippen LogP contribution in [0.5, 0.6) is 11.5 Å². The lowest BCUT2D eigenvalue weighted by Crippen LogP contribution is -2.45. The van der Waals surface area contributed by atoms with Gasteiger partial charge in [-0.1, -0.05) is 12.1 Å². The van der Waals surface area contributed by atoms with Crippen LogP contribution in [0, 0.1) is 0 Å². The van der Waals surface area contributed by atoms with Gasteiger partial charge in [0.1, 0.15) is 18.1 Å². The van der Waals surface area contributed by atoms with Gasteiger partial charge in [0.15, 0.2) is 6.61 Å². The molecule has 2 aromatic rings. The number of nitrogens with zero attached hydrogens (tertiary/aromatic N) is 1. The van der Waals surface area contributed by atoms with E-state index in [9.17, 15) is 18.0 Å². The van der Waals surface area contributed by atoms with Gasteiger partial charge in [0.25, 0.3) is 5.91 Å². The van der Waals surface area contributed by atoms with Crippen LogP contribution < -0.4 is 14.4 Å². The number of para-hydroxylation sites is 2. The van der Waals surface area contributed by atoms with Gasteiger partial charge in [-0.3, -0.25) is 9.69 Å². The van der Waals surface area contributed by atoms with Crippen molar-refractivity contribution in [1.29, 1.82) is 0 Å². The smallest absolute Gasteiger partial charge is 0.422 e. The first-order chi connectivity index (χ1) is 11.8. The fourth-order valence-electron chi connectivity index (χ4n) is 2.61. The Balaban J connectivity index is 1.79. The van der Waals surface area contributed by atoms with Crippen LogP contribution in [0.1, 0.15) is 17.3 Å². The number of hydrogen-bond acceptors (Lipinski definition) is 3. The van der Waals surface area contributed by atoms with Crippen LogP contribution in [0.3, 0.4) is 0 Å². The first-order valence-electron chi connectivity index (χ1n) is 7.70. The Labute approximate surface area is 142 Å². The van der Waals surface area contributed by atoms with E-state index in [1.54, 1.807) is 17.0 Å². The molecule has 1 aliphatic heterocycles. The summed E-state index contributed by atoms with van der Waals surface area (Å²) in [6, 6.07) is 12.7. The van der Waals surface area contributed by atoms with Crippen LogP contribution in [0.4, 0.5) is 18.9 Å². The zero-order valence-electron chi connectivity index (χ0n) is 13.4. The predicted octanol–water partition coefficient (Wildman–Crippen LogP) is 4.06. The van der Waals surface area contributed by atoms with E-state index in [1.165, 1.54) is 24.3 Å². The normalized spacial score (nSPS) is 16.8. The van der Waals surface area contributed by atoms with Crippen LogP contribution in [-0.4, -0.2) is 31.3 Å². The van der Waals surface area contributed by atoms with Crippen LogP contribution in [0.25, 0.3) is 0 Å². The van der Waals surface area contributed by atoms with E-state index in [2.05, 4.69) is 4.74 Å². The molecule has 1 atom stereocenters. The second kappa shape index (κ2) is 6.66. The van der Waals surface area contributed by atoms with Gasteiger partial charge >= 0.3 is 6.18 Å². The third-order valence-electron chi connectivity index (χ3n) is 3.77. The maximum atomic E-state index is 12.9. The molecule has 1 heterocycles. The Kier molecular flexibility index (Phi) is 4.57. The fourth-order valence-corrected chi connectivity index (χ4v) is 2.61. The summed E-state index contributed by atoms with van der Waals surface area (Å²) in [5, 5.41) is 0. The first kappa shape index (κ1) is 17.1. The number of carbonyl (C=O) groups is 1. The molecule has 0 saturated carbocycles. The Morgan fingerprint density at radius 1 is 1.20 bits per heavy atom. The number of rotatable bonds is 3. The molecule has 0 bridgehead atoms. The molecular formula is C18H16F3NO3. The molecule has 0 aromatic heterocycles. The zero-order valence-corrected chi connectivity index (χ0v) is 13.4. The minimum Gasteiger partial charge on any atom is -0.489 e. The highest BCUT2D eigenvalue weighted by Crippen LogP contribution is 2.34. The summed E-state index contributed by atoms with van der Waals surface area (Å²) in [5.74, 6) is 0.439. The third-order valence-corrected chi connectivity index (χ3v) is 3.77. The Morgan fingerprint density at radius 2 is 1.88 bits per heavy atom. The number of fused-ring (bicyclic) bond motifs is 1. The van der Waals surface area contributed by atoms with E-state index >= 15 is 0 Å². The lowest BCUT2D eigenvalue weighted by Gasteiger charge is -2.35. The zero-order chi connectivity index (χ0) is 18.0. The van der Waals surface area contributed by atoms with Gasteiger partial charge in [-0.2, -0.15) is 13.2 Å². The Bertz CT molecular complexity index is 759. The van der Waals surface area contributed by atoms with E-state index in [1.807, 2.05) is 19.1 Å². The molecule has 1 amide bonds. The monoisotopic (exact) mass is 351 g/mol. The molecule has 1 unspecified atom stereocenters. The van der Waals surface area contributed by atoms with E-state index in [0.717, 1.165) is 0 Å². The third kappa shape index (κ3) is 3.87. The van der Waals surface area contributed by atoms with Crippen molar-refractivity contribution in [3.63, 3.8) is 0 Å². The lowest BCUT2D eigenvalue weighted by molar-refractivity contribution is -0.153. The second-order valence-corrected chi connectivity index (χ2v) is 5.73. The predicted molar refractivity (Wildman–Crippen MR) is 86.2 cm³/mol. The minimum absolute atomic E-state index is 0.0595. The van der Waals surface area contributed by atoms with Crippen molar-refractivity contribution in [2.24, 2.45) is 0 Å². The average molecular weight is 351 g/mol. The standard InChI is InChI=1S/C18H16F3NO3/c1-12-10-24-16-5-3-2-4-15(16)22(12)17(23)13-6-8-14(9-7-13)25-11-18(19,20)21/h2-9,12H,10-11H2,1H3. The summed E-state index contributed by atoms with van der Waals surface area (Å²) in [7, 11) is 0. The highest BCUT2D eigenvalue weighted by molar-refractivity contribution is 6.07. The van der Waals surface area contributed by atoms with Gasteiger partial charge < -0.3 is 9.47 Å². The van der Waals surface area contributed by atoms with Gasteiger partial charge in [0.2, 0.25) is 0 Å². The highest BCUT2D eigenvalue weighted by atomic mass is 19.4. The van der Waals surface area contributed by atoms with Gasteiger partial charge in [-0.15, -0.1) is 0 Å². The summed E-state index contributed by atoms with van der Waals surface area (Å²) >= 11 is 0. The lowest BCUT2D eigenvalue weighted by atomic mass is 10.1. The van der Waals surface area contributed by atoms with Gasteiger partial charge in [-0.25, -0.2) is 0 Å². The van der Waals surface area contributed by atoms with Gasteiger partial charge in [-0.05, 0) is 43.3 Å². The number of anilines is 1. The van der Waals surface area contributed by atoms with Crippen LogP contribution >= 0.6 is 0 Å². The van der Waals surface area contributed by atoms with Crippen molar-refractivity contribution < 1.29 is 27.4 Å². The van der Waals surface area contributed by atoms with Crippen LogP contribution in [0.15, 0.2) is 48.5 Å². The number of amides is 1. The van der Waals surface area contributed by atoms with Gasteiger partial charge in [0, 0.05) is 5.56 Å². The fraction of sp³-hybridized carbons (Fsp3) is 0.278. The second-order valence-electron chi connectivity index (χ2n) is 5.73. The Morgan fingerprint density at radius 3 is 2.56 bits per heavy atom. The van der Waals surface area contributed by atoms with Crippen LogP contribution in [0.2, 0.25) is 0 Å². The Hall–Kier alpha value is -2.70. The molecule has 0 radical (unpaired) electrons. The molecule has 0 saturated heterocycles. The van der Waals surface area contributed by atoms with Crippen molar-refractivity contribution >= 4 is 11.6 Å². The molecule has 1 aliphatic rings. The molecule has 0 fully saturated rings. The van der Waals surface area contributed by atoms with Crippen LogP contribution in [-0.2, 0) is 0 Å². The summed E-state index contributed by atoms with van der Waals surface area (Å²) < 4.78 is 46.8. The van der Waals surface area contributed by atoms with Crippen molar-refractivity contribution in [2.75, 3.05) is 18.1 Å². The molecule has 0 N–H and O–H groups in total. The number of halogens is 3.